The summed E-state index contributed by atoms with van der Waals surface area (Å²) in [6.07, 6.45) is 0.952. The predicted octanol–water partition coefficient (Wildman–Crippen LogP) is 2.71. The normalized spacial score (nSPS) is 13.4. The van der Waals surface area contributed by atoms with Gasteiger partial charge in [0, 0.05) is 38.6 Å². The van der Waals surface area contributed by atoms with Crippen LogP contribution in [0.1, 0.15) is 25.6 Å². The van der Waals surface area contributed by atoms with E-state index in [1.165, 1.54) is 9.78 Å². The molecule has 0 saturated carbocycles. The van der Waals surface area contributed by atoms with Gasteiger partial charge >= 0.3 is 0 Å². The van der Waals surface area contributed by atoms with E-state index >= 15 is 0 Å². The first kappa shape index (κ1) is 21.4. The maximum Gasteiger partial charge on any atom is 0.261 e. The Hall–Kier alpha value is -1.94. The van der Waals surface area contributed by atoms with E-state index in [2.05, 4.69) is 27.8 Å². The largest absolute Gasteiger partial charge is 0.354 e. The van der Waals surface area contributed by atoms with Crippen LogP contribution in [-0.4, -0.2) is 61.3 Å². The average molecular weight is 498 g/mol. The minimum Gasteiger partial charge on any atom is -0.354 e. The first-order chi connectivity index (χ1) is 12.6. The Morgan fingerprint density at radius 2 is 1.81 bits per heavy atom. The van der Waals surface area contributed by atoms with Gasteiger partial charge in [0.25, 0.3) is 11.8 Å². The zero-order chi connectivity index (χ0) is 18.5. The summed E-state index contributed by atoms with van der Waals surface area (Å²) in [7, 11) is 3.71. The molecule has 0 bridgehead atoms. The third-order valence-corrected chi connectivity index (χ3v) is 5.28. The van der Waals surface area contributed by atoms with Crippen LogP contribution in [0.4, 0.5) is 0 Å². The van der Waals surface area contributed by atoms with Crippen LogP contribution < -0.4 is 5.32 Å². The monoisotopic (exact) mass is 498 g/mol. The lowest BCUT2D eigenvalue weighted by Crippen LogP contribution is -2.44. The summed E-state index contributed by atoms with van der Waals surface area (Å²) in [6, 6.07) is 11.1. The first-order valence-electron chi connectivity index (χ1n) is 8.51. The van der Waals surface area contributed by atoms with Crippen LogP contribution in [-0.2, 0) is 6.42 Å². The number of likely N-dealkylation sites (N-methyl/N-ethyl adjacent to an activating group) is 1. The SMILES string of the molecule is CN=C(NCCN1C(=O)c2ccccc2C1=O)N(C)CCc1cccs1.I. The minimum atomic E-state index is -0.228. The molecule has 8 heteroatoms. The van der Waals surface area contributed by atoms with E-state index in [1.54, 1.807) is 42.6 Å². The molecule has 0 radical (unpaired) electrons. The van der Waals surface area contributed by atoms with Crippen molar-refractivity contribution < 1.29 is 9.59 Å². The highest BCUT2D eigenvalue weighted by molar-refractivity contribution is 14.0. The summed E-state index contributed by atoms with van der Waals surface area (Å²) in [5.41, 5.74) is 0.963. The minimum absolute atomic E-state index is 0. The van der Waals surface area contributed by atoms with Crippen LogP contribution in [0.2, 0.25) is 0 Å². The van der Waals surface area contributed by atoms with Crippen molar-refractivity contribution in [1.29, 1.82) is 0 Å². The van der Waals surface area contributed by atoms with Crippen LogP contribution in [0.15, 0.2) is 46.8 Å². The highest BCUT2D eigenvalue weighted by atomic mass is 127. The summed E-state index contributed by atoms with van der Waals surface area (Å²) in [5, 5.41) is 5.30. The van der Waals surface area contributed by atoms with Gasteiger partial charge in [-0.25, -0.2) is 0 Å². The number of halogens is 1. The fraction of sp³-hybridized carbons (Fsp3) is 0.316. The Bertz CT molecular complexity index is 788. The topological polar surface area (TPSA) is 65.0 Å². The van der Waals surface area contributed by atoms with Crippen molar-refractivity contribution in [1.82, 2.24) is 15.1 Å². The second-order valence-corrected chi connectivity index (χ2v) is 7.06. The van der Waals surface area contributed by atoms with Gasteiger partial charge in [0.2, 0.25) is 0 Å². The molecule has 3 rings (SSSR count). The van der Waals surface area contributed by atoms with E-state index in [0.29, 0.717) is 24.2 Å². The number of hydrogen-bond donors (Lipinski definition) is 1. The number of amides is 2. The third-order valence-electron chi connectivity index (χ3n) is 4.34. The zero-order valence-corrected chi connectivity index (χ0v) is 18.5. The Labute approximate surface area is 180 Å². The molecule has 1 aliphatic rings. The van der Waals surface area contributed by atoms with Gasteiger partial charge in [0.05, 0.1) is 11.1 Å². The second kappa shape index (κ2) is 9.84. The molecule has 1 N–H and O–H groups in total. The molecule has 6 nitrogen and oxygen atoms in total. The summed E-state index contributed by atoms with van der Waals surface area (Å²) >= 11 is 1.74. The van der Waals surface area contributed by atoms with Crippen molar-refractivity contribution in [3.8, 4) is 0 Å². The maximum absolute atomic E-state index is 12.4. The lowest BCUT2D eigenvalue weighted by molar-refractivity contribution is 0.0657. The van der Waals surface area contributed by atoms with Gasteiger partial charge < -0.3 is 10.2 Å². The van der Waals surface area contributed by atoms with Gasteiger partial charge in [0.15, 0.2) is 5.96 Å². The van der Waals surface area contributed by atoms with Crippen molar-refractivity contribution in [2.75, 3.05) is 33.7 Å². The highest BCUT2D eigenvalue weighted by Gasteiger charge is 2.34. The highest BCUT2D eigenvalue weighted by Crippen LogP contribution is 2.21. The van der Waals surface area contributed by atoms with Crippen LogP contribution >= 0.6 is 35.3 Å². The number of imide groups is 1. The predicted molar refractivity (Wildman–Crippen MR) is 119 cm³/mol. The lowest BCUT2D eigenvalue weighted by atomic mass is 10.1. The molecule has 2 heterocycles. The average Bonchev–Trinajstić information content (AvgIpc) is 3.26. The number of aliphatic imine (C=N–C) groups is 1. The molecule has 0 unspecified atom stereocenters. The zero-order valence-electron chi connectivity index (χ0n) is 15.3. The Morgan fingerprint density at radius 1 is 1.15 bits per heavy atom. The molecule has 1 aromatic heterocycles. The summed E-state index contributed by atoms with van der Waals surface area (Å²) in [4.78, 5) is 33.7. The van der Waals surface area contributed by atoms with Gasteiger partial charge in [-0.15, -0.1) is 35.3 Å². The number of fused-ring (bicyclic) bond motifs is 1. The molecule has 2 amide bonds. The van der Waals surface area contributed by atoms with Crippen LogP contribution in [0.5, 0.6) is 0 Å². The number of carbonyl (C=O) groups excluding carboxylic acids is 2. The number of nitrogens with zero attached hydrogens (tertiary/aromatic N) is 3. The fourth-order valence-corrected chi connectivity index (χ4v) is 3.64. The van der Waals surface area contributed by atoms with E-state index in [1.807, 2.05) is 11.9 Å². The van der Waals surface area contributed by atoms with E-state index in [4.69, 9.17) is 0 Å². The molecule has 0 atom stereocenters. The smallest absolute Gasteiger partial charge is 0.261 e. The van der Waals surface area contributed by atoms with Gasteiger partial charge in [-0.1, -0.05) is 18.2 Å². The van der Waals surface area contributed by atoms with Crippen molar-refractivity contribution in [3.63, 3.8) is 0 Å². The van der Waals surface area contributed by atoms with E-state index in [9.17, 15) is 9.59 Å². The molecule has 0 fully saturated rings. The number of benzene rings is 1. The molecule has 144 valence electrons. The van der Waals surface area contributed by atoms with Gasteiger partial charge in [-0.3, -0.25) is 19.5 Å². The lowest BCUT2D eigenvalue weighted by Gasteiger charge is -2.23. The number of rotatable bonds is 6. The third kappa shape index (κ3) is 4.86. The molecule has 27 heavy (non-hydrogen) atoms. The number of thiophene rings is 1. The van der Waals surface area contributed by atoms with E-state index < -0.39 is 0 Å². The fourth-order valence-electron chi connectivity index (χ4n) is 2.95. The molecule has 0 saturated heterocycles. The molecule has 2 aromatic rings. The maximum atomic E-state index is 12.4. The summed E-state index contributed by atoms with van der Waals surface area (Å²) < 4.78 is 0. The van der Waals surface area contributed by atoms with Crippen LogP contribution in [0, 0.1) is 0 Å². The standard InChI is InChI=1S/C19H22N4O2S.HI/c1-20-19(22(2)11-9-14-6-5-13-26-14)21-10-12-23-17(24)15-7-3-4-8-16(15)18(23)25;/h3-8,13H,9-12H2,1-2H3,(H,20,21);1H. The quantitative estimate of drug-likeness (QED) is 0.288. The van der Waals surface area contributed by atoms with Gasteiger partial charge in [-0.05, 0) is 30.0 Å². The Balaban J connectivity index is 0.00000261. The van der Waals surface area contributed by atoms with Crippen LogP contribution in [0.3, 0.4) is 0 Å². The molecular weight excluding hydrogens is 475 g/mol. The molecule has 0 aliphatic carbocycles. The van der Waals surface area contributed by atoms with E-state index in [-0.39, 0.29) is 35.8 Å². The second-order valence-electron chi connectivity index (χ2n) is 6.03. The number of guanidine groups is 1. The van der Waals surface area contributed by atoms with Crippen molar-refractivity contribution in [2.45, 2.75) is 6.42 Å². The molecule has 0 spiro atoms. The van der Waals surface area contributed by atoms with Crippen molar-refractivity contribution in [2.24, 2.45) is 4.99 Å². The number of carbonyl (C=O) groups is 2. The van der Waals surface area contributed by atoms with Crippen molar-refractivity contribution in [3.05, 3.63) is 57.8 Å². The summed E-state index contributed by atoms with van der Waals surface area (Å²) in [6.45, 7) is 1.61. The Kier molecular flexibility index (Phi) is 7.78. The molecular formula is C19H23IN4O2S. The van der Waals surface area contributed by atoms with Gasteiger partial charge in [0.1, 0.15) is 0 Å². The summed E-state index contributed by atoms with van der Waals surface area (Å²) in [5.74, 6) is 0.292. The Morgan fingerprint density at radius 3 is 2.37 bits per heavy atom. The van der Waals surface area contributed by atoms with Crippen molar-refractivity contribution >= 4 is 53.1 Å². The number of nitrogens with one attached hydrogen (secondary N) is 1. The molecule has 1 aromatic carbocycles. The number of hydrogen-bond acceptors (Lipinski definition) is 4. The van der Waals surface area contributed by atoms with Crippen LogP contribution in [0.25, 0.3) is 0 Å². The van der Waals surface area contributed by atoms with Gasteiger partial charge in [-0.2, -0.15) is 0 Å². The first-order valence-corrected chi connectivity index (χ1v) is 9.39. The molecule has 1 aliphatic heterocycles. The van der Waals surface area contributed by atoms with E-state index in [0.717, 1.165) is 18.9 Å².